The van der Waals surface area contributed by atoms with E-state index in [0.717, 1.165) is 6.92 Å². The molecular formula is C9H18O6. The van der Waals surface area contributed by atoms with E-state index >= 15 is 0 Å². The Balaban J connectivity index is 3.28. The normalized spacial score (nSPS) is 56.0. The highest BCUT2D eigenvalue weighted by atomic mass is 16.7. The molecule has 4 atom stereocenters. The van der Waals surface area contributed by atoms with Gasteiger partial charge < -0.3 is 30.3 Å². The van der Waals surface area contributed by atoms with Gasteiger partial charge >= 0.3 is 0 Å². The number of hydrogen-bond donors (Lipinski definition) is 5. The maximum absolute atomic E-state index is 10.1. The van der Waals surface area contributed by atoms with Crippen LogP contribution in [0.2, 0.25) is 0 Å². The Bertz CT molecular complexity index is 237. The smallest absolute Gasteiger partial charge is 0.222 e. The minimum atomic E-state index is -2.30. The third-order valence-corrected chi connectivity index (χ3v) is 3.65. The summed E-state index contributed by atoms with van der Waals surface area (Å²) in [5.74, 6) is -2.30. The fraction of sp³-hybridized carbons (Fsp3) is 1.00. The van der Waals surface area contributed by atoms with E-state index in [1.807, 2.05) is 0 Å². The van der Waals surface area contributed by atoms with Crippen molar-refractivity contribution in [2.45, 2.75) is 43.4 Å². The number of rotatable bonds is 2. The lowest BCUT2D eigenvalue weighted by Gasteiger charge is -2.40. The summed E-state index contributed by atoms with van der Waals surface area (Å²) in [5, 5.41) is 48.1. The van der Waals surface area contributed by atoms with E-state index in [1.165, 1.54) is 13.8 Å². The van der Waals surface area contributed by atoms with Crippen LogP contribution in [-0.2, 0) is 4.74 Å². The monoisotopic (exact) mass is 222 g/mol. The van der Waals surface area contributed by atoms with Crippen molar-refractivity contribution in [2.75, 3.05) is 13.2 Å². The Kier molecular flexibility index (Phi) is 2.68. The van der Waals surface area contributed by atoms with Gasteiger partial charge in [-0.3, -0.25) is 0 Å². The van der Waals surface area contributed by atoms with E-state index in [4.69, 9.17) is 14.9 Å². The number of hydrogen-bond acceptors (Lipinski definition) is 6. The quantitative estimate of drug-likeness (QED) is 0.368. The van der Waals surface area contributed by atoms with Crippen molar-refractivity contribution in [3.63, 3.8) is 0 Å². The van der Waals surface area contributed by atoms with Crippen molar-refractivity contribution in [1.29, 1.82) is 0 Å². The molecule has 0 saturated carbocycles. The second-order valence-electron chi connectivity index (χ2n) is 4.58. The predicted molar refractivity (Wildman–Crippen MR) is 49.9 cm³/mol. The number of aliphatic hydroxyl groups excluding tert-OH is 2. The first-order valence-corrected chi connectivity index (χ1v) is 4.67. The molecule has 1 fully saturated rings. The van der Waals surface area contributed by atoms with Gasteiger partial charge in [0.1, 0.15) is 23.4 Å². The topological polar surface area (TPSA) is 110 Å². The molecule has 15 heavy (non-hydrogen) atoms. The summed E-state index contributed by atoms with van der Waals surface area (Å²) in [6.45, 7) is 2.24. The Labute approximate surface area is 87.7 Å². The summed E-state index contributed by atoms with van der Waals surface area (Å²) >= 11 is 0. The zero-order valence-electron chi connectivity index (χ0n) is 9.06. The molecule has 1 rings (SSSR count). The lowest BCUT2D eigenvalue weighted by molar-refractivity contribution is -0.290. The van der Waals surface area contributed by atoms with Gasteiger partial charge in [-0.2, -0.15) is 0 Å². The molecule has 1 saturated heterocycles. The third-order valence-electron chi connectivity index (χ3n) is 3.65. The van der Waals surface area contributed by atoms with Crippen molar-refractivity contribution in [1.82, 2.24) is 0 Å². The number of aliphatic hydroxyl groups is 5. The number of ether oxygens (including phenoxy) is 1. The Morgan fingerprint density at radius 1 is 0.867 bits per heavy atom. The van der Waals surface area contributed by atoms with Gasteiger partial charge in [0.05, 0.1) is 6.61 Å². The highest BCUT2D eigenvalue weighted by Crippen LogP contribution is 2.50. The average Bonchev–Trinajstić information content (AvgIpc) is 2.25. The Hall–Kier alpha value is -0.240. The summed E-state index contributed by atoms with van der Waals surface area (Å²) in [7, 11) is 0. The summed E-state index contributed by atoms with van der Waals surface area (Å²) in [6, 6.07) is 0. The van der Waals surface area contributed by atoms with Crippen molar-refractivity contribution in [3.05, 3.63) is 0 Å². The van der Waals surface area contributed by atoms with Gasteiger partial charge in [-0.1, -0.05) is 0 Å². The van der Waals surface area contributed by atoms with Gasteiger partial charge in [0.15, 0.2) is 0 Å². The van der Waals surface area contributed by atoms with Crippen molar-refractivity contribution in [3.8, 4) is 0 Å². The van der Waals surface area contributed by atoms with E-state index in [-0.39, 0.29) is 0 Å². The molecule has 1 heterocycles. The summed E-state index contributed by atoms with van der Waals surface area (Å²) < 4.78 is 5.02. The first-order valence-electron chi connectivity index (χ1n) is 4.67. The molecule has 5 N–H and O–H groups in total. The first kappa shape index (κ1) is 12.8. The predicted octanol–water partition coefficient (Wildman–Crippen LogP) is -2.05. The van der Waals surface area contributed by atoms with Gasteiger partial charge in [-0.05, 0) is 20.8 Å². The Morgan fingerprint density at radius 3 is 1.53 bits per heavy atom. The van der Waals surface area contributed by atoms with Gasteiger partial charge in [0.25, 0.3) is 0 Å². The van der Waals surface area contributed by atoms with E-state index < -0.39 is 35.8 Å². The van der Waals surface area contributed by atoms with E-state index in [0.29, 0.717) is 0 Å². The molecule has 1 aliphatic rings. The van der Waals surface area contributed by atoms with Crippen LogP contribution in [0.3, 0.4) is 0 Å². The molecule has 1 unspecified atom stereocenters. The van der Waals surface area contributed by atoms with Crippen LogP contribution in [0.1, 0.15) is 20.8 Å². The van der Waals surface area contributed by atoms with Crippen molar-refractivity contribution < 1.29 is 30.3 Å². The molecule has 1 aliphatic heterocycles. The lowest BCUT2D eigenvalue weighted by Crippen LogP contribution is -2.64. The SMILES string of the molecule is CC1(O)[C@@](C)(CO)O[C@](O)(CO)[C@]1(C)O. The Morgan fingerprint density at radius 2 is 1.33 bits per heavy atom. The lowest BCUT2D eigenvalue weighted by atomic mass is 9.74. The van der Waals surface area contributed by atoms with Crippen LogP contribution in [0.25, 0.3) is 0 Å². The maximum atomic E-state index is 10.1. The molecule has 6 nitrogen and oxygen atoms in total. The zero-order chi connectivity index (χ0) is 12.1. The van der Waals surface area contributed by atoms with E-state index in [9.17, 15) is 15.3 Å². The van der Waals surface area contributed by atoms with Gasteiger partial charge in [0, 0.05) is 0 Å². The molecule has 0 aliphatic carbocycles. The second-order valence-corrected chi connectivity index (χ2v) is 4.58. The van der Waals surface area contributed by atoms with Crippen LogP contribution >= 0.6 is 0 Å². The highest BCUT2D eigenvalue weighted by Gasteiger charge is 2.73. The standard InChI is InChI=1S/C9H18O6/c1-6(4-10)7(2,12)8(3,13)9(14,5-11)15-6/h10-14H,4-5H2,1-3H3/t6-,7?,8-,9-/m1/s1. The van der Waals surface area contributed by atoms with Gasteiger partial charge in [-0.15, -0.1) is 0 Å². The van der Waals surface area contributed by atoms with Crippen LogP contribution in [0.15, 0.2) is 0 Å². The fourth-order valence-corrected chi connectivity index (χ4v) is 1.84. The van der Waals surface area contributed by atoms with Crippen LogP contribution in [0.5, 0.6) is 0 Å². The molecule has 0 radical (unpaired) electrons. The van der Waals surface area contributed by atoms with Gasteiger partial charge in [0.2, 0.25) is 5.79 Å². The van der Waals surface area contributed by atoms with Gasteiger partial charge in [-0.25, -0.2) is 0 Å². The summed E-state index contributed by atoms with van der Waals surface area (Å²) in [5.41, 5.74) is -5.54. The van der Waals surface area contributed by atoms with Crippen LogP contribution in [0, 0.1) is 0 Å². The second kappa shape index (κ2) is 3.13. The minimum absolute atomic E-state index is 0.599. The molecule has 0 aromatic rings. The van der Waals surface area contributed by atoms with Crippen molar-refractivity contribution >= 4 is 0 Å². The molecule has 0 aromatic carbocycles. The molecular weight excluding hydrogens is 204 g/mol. The minimum Gasteiger partial charge on any atom is -0.393 e. The highest BCUT2D eigenvalue weighted by molar-refractivity contribution is 5.18. The fourth-order valence-electron chi connectivity index (χ4n) is 1.84. The summed E-state index contributed by atoms with van der Waals surface area (Å²) in [4.78, 5) is 0. The summed E-state index contributed by atoms with van der Waals surface area (Å²) in [6.07, 6.45) is 0. The molecule has 0 aromatic heterocycles. The third kappa shape index (κ3) is 1.27. The molecule has 0 bridgehead atoms. The molecule has 0 spiro atoms. The first-order chi connectivity index (χ1) is 6.58. The maximum Gasteiger partial charge on any atom is 0.222 e. The largest absolute Gasteiger partial charge is 0.393 e. The van der Waals surface area contributed by atoms with Crippen LogP contribution in [-0.4, -0.2) is 61.3 Å². The van der Waals surface area contributed by atoms with Crippen molar-refractivity contribution in [2.24, 2.45) is 0 Å². The molecule has 0 amide bonds. The molecule has 90 valence electrons. The zero-order valence-corrected chi connectivity index (χ0v) is 9.06. The van der Waals surface area contributed by atoms with E-state index in [1.54, 1.807) is 0 Å². The van der Waals surface area contributed by atoms with Crippen LogP contribution in [0.4, 0.5) is 0 Å². The average molecular weight is 222 g/mol. The van der Waals surface area contributed by atoms with E-state index in [2.05, 4.69) is 0 Å². The molecule has 6 heteroatoms. The van der Waals surface area contributed by atoms with Crippen LogP contribution < -0.4 is 0 Å².